The predicted molar refractivity (Wildman–Crippen MR) is 86.0 cm³/mol. The first-order valence-electron chi connectivity index (χ1n) is 7.90. The Labute approximate surface area is 129 Å². The van der Waals surface area contributed by atoms with E-state index < -0.39 is 0 Å². The third-order valence-electron chi connectivity index (χ3n) is 4.68. The molecule has 0 bridgehead atoms. The van der Waals surface area contributed by atoms with Gasteiger partial charge in [-0.15, -0.1) is 0 Å². The van der Waals surface area contributed by atoms with Crippen LogP contribution in [0.2, 0.25) is 0 Å². The molecule has 4 nitrogen and oxygen atoms in total. The highest BCUT2D eigenvalue weighted by atomic mass is 16.5. The van der Waals surface area contributed by atoms with Gasteiger partial charge in [0, 0.05) is 12.0 Å². The molecule has 0 N–H and O–H groups in total. The quantitative estimate of drug-likeness (QED) is 0.751. The van der Waals surface area contributed by atoms with E-state index in [0.717, 1.165) is 37.6 Å². The van der Waals surface area contributed by atoms with Gasteiger partial charge in [0.1, 0.15) is 11.5 Å². The Balaban J connectivity index is 2.02. The van der Waals surface area contributed by atoms with Crippen LogP contribution in [0, 0.1) is 11.3 Å². The SMILES string of the molecule is COC1=CC2(C=C(OC)C1C)CCN(CCCN(C)C)C2. The van der Waals surface area contributed by atoms with Gasteiger partial charge < -0.3 is 19.3 Å². The largest absolute Gasteiger partial charge is 0.501 e. The van der Waals surface area contributed by atoms with Crippen LogP contribution in [0.3, 0.4) is 0 Å². The Kier molecular flexibility index (Phi) is 5.33. The Morgan fingerprint density at radius 2 is 1.86 bits per heavy atom. The molecule has 0 aromatic carbocycles. The molecule has 1 fully saturated rings. The Morgan fingerprint density at radius 1 is 1.24 bits per heavy atom. The number of nitrogens with zero attached hydrogens (tertiary/aromatic N) is 2. The lowest BCUT2D eigenvalue weighted by Gasteiger charge is -2.32. The topological polar surface area (TPSA) is 24.9 Å². The molecule has 0 radical (unpaired) electrons. The van der Waals surface area contributed by atoms with Crippen molar-refractivity contribution in [3.05, 3.63) is 23.7 Å². The van der Waals surface area contributed by atoms with Gasteiger partial charge in [-0.25, -0.2) is 0 Å². The minimum Gasteiger partial charge on any atom is -0.501 e. The molecule has 1 aliphatic heterocycles. The van der Waals surface area contributed by atoms with Gasteiger partial charge in [0.2, 0.25) is 0 Å². The number of ether oxygens (including phenoxy) is 2. The van der Waals surface area contributed by atoms with Crippen LogP contribution in [0.1, 0.15) is 19.8 Å². The Morgan fingerprint density at radius 3 is 2.38 bits per heavy atom. The Hall–Kier alpha value is -1.00. The van der Waals surface area contributed by atoms with Gasteiger partial charge in [-0.05, 0) is 65.6 Å². The number of likely N-dealkylation sites (tertiary alicyclic amines) is 1. The number of hydrogen-bond donors (Lipinski definition) is 0. The van der Waals surface area contributed by atoms with Crippen LogP contribution in [0.25, 0.3) is 0 Å². The van der Waals surface area contributed by atoms with E-state index in [-0.39, 0.29) is 11.3 Å². The fraction of sp³-hybridized carbons (Fsp3) is 0.765. The summed E-state index contributed by atoms with van der Waals surface area (Å²) < 4.78 is 11.2. The predicted octanol–water partition coefficient (Wildman–Crippen LogP) is 2.34. The van der Waals surface area contributed by atoms with Crippen molar-refractivity contribution in [2.45, 2.75) is 19.8 Å². The van der Waals surface area contributed by atoms with Gasteiger partial charge in [-0.3, -0.25) is 0 Å². The molecule has 0 atom stereocenters. The van der Waals surface area contributed by atoms with Gasteiger partial charge >= 0.3 is 0 Å². The van der Waals surface area contributed by atoms with Crippen LogP contribution in [0.15, 0.2) is 23.7 Å². The summed E-state index contributed by atoms with van der Waals surface area (Å²) in [5.74, 6) is 2.32. The highest BCUT2D eigenvalue weighted by Crippen LogP contribution is 2.42. The van der Waals surface area contributed by atoms with Crippen LogP contribution in [-0.4, -0.2) is 64.3 Å². The van der Waals surface area contributed by atoms with Crippen molar-refractivity contribution in [1.82, 2.24) is 9.80 Å². The molecule has 1 spiro atoms. The highest BCUT2D eigenvalue weighted by Gasteiger charge is 2.39. The summed E-state index contributed by atoms with van der Waals surface area (Å²) in [4.78, 5) is 4.81. The van der Waals surface area contributed by atoms with Gasteiger partial charge in [0.25, 0.3) is 0 Å². The van der Waals surface area contributed by atoms with E-state index in [0.29, 0.717) is 0 Å². The average molecular weight is 294 g/mol. The molecule has 0 unspecified atom stereocenters. The second kappa shape index (κ2) is 6.84. The average Bonchev–Trinajstić information content (AvgIpc) is 2.84. The molecular weight excluding hydrogens is 264 g/mol. The summed E-state index contributed by atoms with van der Waals surface area (Å²) in [6.45, 7) is 6.69. The number of rotatable bonds is 6. The van der Waals surface area contributed by atoms with E-state index in [1.807, 2.05) is 0 Å². The molecule has 120 valence electrons. The van der Waals surface area contributed by atoms with Crippen molar-refractivity contribution in [1.29, 1.82) is 0 Å². The van der Waals surface area contributed by atoms with E-state index in [9.17, 15) is 0 Å². The fourth-order valence-corrected chi connectivity index (χ4v) is 3.45. The van der Waals surface area contributed by atoms with Gasteiger partial charge in [0.15, 0.2) is 0 Å². The molecule has 1 heterocycles. The maximum Gasteiger partial charge on any atom is 0.103 e. The van der Waals surface area contributed by atoms with E-state index in [2.05, 4.69) is 43.0 Å². The van der Waals surface area contributed by atoms with Crippen molar-refractivity contribution in [3.63, 3.8) is 0 Å². The van der Waals surface area contributed by atoms with Crippen molar-refractivity contribution in [2.75, 3.05) is 54.5 Å². The van der Waals surface area contributed by atoms with E-state index in [1.165, 1.54) is 13.0 Å². The molecule has 1 aliphatic carbocycles. The lowest BCUT2D eigenvalue weighted by Crippen LogP contribution is -2.30. The molecule has 4 heteroatoms. The lowest BCUT2D eigenvalue weighted by molar-refractivity contribution is 0.182. The van der Waals surface area contributed by atoms with Gasteiger partial charge in [0.05, 0.1) is 20.1 Å². The van der Waals surface area contributed by atoms with Crippen LogP contribution < -0.4 is 0 Å². The van der Waals surface area contributed by atoms with Crippen LogP contribution >= 0.6 is 0 Å². The monoisotopic (exact) mass is 294 g/mol. The molecule has 0 aromatic rings. The van der Waals surface area contributed by atoms with Crippen molar-refractivity contribution in [2.24, 2.45) is 11.3 Å². The minimum atomic E-state index is 0.0985. The summed E-state index contributed by atoms with van der Waals surface area (Å²) in [5.41, 5.74) is 0.0985. The fourth-order valence-electron chi connectivity index (χ4n) is 3.45. The van der Waals surface area contributed by atoms with Crippen LogP contribution in [-0.2, 0) is 9.47 Å². The maximum atomic E-state index is 5.59. The standard InChI is InChI=1S/C17H30N2O2/c1-14-15(20-4)11-17(12-16(14)21-5)7-10-19(13-17)9-6-8-18(2)3/h11-12,14H,6-10,13H2,1-5H3. The molecule has 1 saturated heterocycles. The Bertz CT molecular complexity index is 393. The molecule has 0 amide bonds. The van der Waals surface area contributed by atoms with E-state index in [4.69, 9.17) is 9.47 Å². The zero-order chi connectivity index (χ0) is 15.5. The number of methoxy groups -OCH3 is 2. The minimum absolute atomic E-state index is 0.0985. The van der Waals surface area contributed by atoms with Crippen molar-refractivity contribution in [3.8, 4) is 0 Å². The molecule has 2 rings (SSSR count). The first-order valence-corrected chi connectivity index (χ1v) is 7.90. The summed E-state index contributed by atoms with van der Waals surface area (Å²) in [7, 11) is 7.79. The first-order chi connectivity index (χ1) is 9.99. The highest BCUT2D eigenvalue weighted by molar-refractivity contribution is 5.29. The zero-order valence-electron chi connectivity index (χ0n) is 14.2. The van der Waals surface area contributed by atoms with Crippen LogP contribution in [0.5, 0.6) is 0 Å². The van der Waals surface area contributed by atoms with Crippen molar-refractivity contribution < 1.29 is 9.47 Å². The third kappa shape index (κ3) is 3.80. The summed E-state index contributed by atoms with van der Waals surface area (Å²) in [6.07, 6.45) is 7.03. The number of hydrogen-bond acceptors (Lipinski definition) is 4. The zero-order valence-corrected chi connectivity index (χ0v) is 14.2. The van der Waals surface area contributed by atoms with Crippen LogP contribution in [0.4, 0.5) is 0 Å². The van der Waals surface area contributed by atoms with Gasteiger partial charge in [-0.2, -0.15) is 0 Å². The van der Waals surface area contributed by atoms with Gasteiger partial charge in [-0.1, -0.05) is 0 Å². The summed E-state index contributed by atoms with van der Waals surface area (Å²) in [6, 6.07) is 0. The molecule has 0 aromatic heterocycles. The maximum absolute atomic E-state index is 5.59. The third-order valence-corrected chi connectivity index (χ3v) is 4.68. The smallest absolute Gasteiger partial charge is 0.103 e. The van der Waals surface area contributed by atoms with E-state index >= 15 is 0 Å². The lowest BCUT2D eigenvalue weighted by atomic mass is 9.79. The second-order valence-corrected chi connectivity index (χ2v) is 6.64. The van der Waals surface area contributed by atoms with Crippen molar-refractivity contribution >= 4 is 0 Å². The molecular formula is C17H30N2O2. The normalized spacial score (nSPS) is 29.7. The molecule has 0 saturated carbocycles. The summed E-state index contributed by atoms with van der Waals surface area (Å²) >= 11 is 0. The molecule has 21 heavy (non-hydrogen) atoms. The summed E-state index contributed by atoms with van der Waals surface area (Å²) in [5, 5.41) is 0. The first kappa shape index (κ1) is 16.4. The van der Waals surface area contributed by atoms with E-state index in [1.54, 1.807) is 14.2 Å². The molecule has 2 aliphatic rings. The second-order valence-electron chi connectivity index (χ2n) is 6.64.